The third-order valence-corrected chi connectivity index (χ3v) is 1.79. The Labute approximate surface area is 80.9 Å². The van der Waals surface area contributed by atoms with Gasteiger partial charge in [-0.1, -0.05) is 30.3 Å². The lowest BCUT2D eigenvalue weighted by atomic mass is 10.2. The highest BCUT2D eigenvalue weighted by Gasteiger charge is 2.07. The van der Waals surface area contributed by atoms with Crippen LogP contribution in [-0.2, 0) is 0 Å². The molecule has 0 fully saturated rings. The molecular formula is C10H9N3O. The van der Waals surface area contributed by atoms with Crippen molar-refractivity contribution in [3.8, 4) is 11.3 Å². The smallest absolute Gasteiger partial charge is 0.262 e. The molecule has 0 aliphatic heterocycles. The monoisotopic (exact) mass is 187 g/mol. The lowest BCUT2D eigenvalue weighted by Crippen LogP contribution is -2.10. The van der Waals surface area contributed by atoms with Gasteiger partial charge in [-0.25, -0.2) is 4.98 Å². The molecule has 2 rings (SSSR count). The van der Waals surface area contributed by atoms with Crippen LogP contribution in [0.5, 0.6) is 0 Å². The zero-order valence-electron chi connectivity index (χ0n) is 7.40. The van der Waals surface area contributed by atoms with Gasteiger partial charge >= 0.3 is 0 Å². The highest BCUT2D eigenvalue weighted by Crippen LogP contribution is 2.19. The first-order valence-corrected chi connectivity index (χ1v) is 4.13. The van der Waals surface area contributed by atoms with Gasteiger partial charge in [0.25, 0.3) is 5.89 Å². The maximum Gasteiger partial charge on any atom is 0.262 e. The minimum Gasteiger partial charge on any atom is -0.434 e. The van der Waals surface area contributed by atoms with Crippen LogP contribution in [-0.4, -0.2) is 10.8 Å². The number of hydrogen-bond donors (Lipinski definition) is 2. The second kappa shape index (κ2) is 3.33. The average Bonchev–Trinajstić information content (AvgIpc) is 2.68. The number of nitrogens with two attached hydrogens (primary N) is 1. The second-order valence-corrected chi connectivity index (χ2v) is 2.81. The van der Waals surface area contributed by atoms with Crippen molar-refractivity contribution in [2.75, 3.05) is 0 Å². The maximum absolute atomic E-state index is 7.13. The van der Waals surface area contributed by atoms with E-state index in [1.165, 1.54) is 0 Å². The summed E-state index contributed by atoms with van der Waals surface area (Å²) < 4.78 is 5.27. The van der Waals surface area contributed by atoms with E-state index in [1.54, 1.807) is 6.20 Å². The van der Waals surface area contributed by atoms with Gasteiger partial charge in [0.1, 0.15) is 0 Å². The van der Waals surface area contributed by atoms with E-state index >= 15 is 0 Å². The van der Waals surface area contributed by atoms with Crippen molar-refractivity contribution in [1.82, 2.24) is 4.98 Å². The molecule has 3 N–H and O–H groups in total. The third kappa shape index (κ3) is 1.50. The molecule has 4 nitrogen and oxygen atoms in total. The Hall–Kier alpha value is -2.10. The summed E-state index contributed by atoms with van der Waals surface area (Å²) in [4.78, 5) is 3.88. The quantitative estimate of drug-likeness (QED) is 0.554. The molecule has 0 bridgehead atoms. The number of rotatable bonds is 2. The average molecular weight is 187 g/mol. The highest BCUT2D eigenvalue weighted by molar-refractivity contribution is 5.90. The molecule has 14 heavy (non-hydrogen) atoms. The highest BCUT2D eigenvalue weighted by atomic mass is 16.4. The van der Waals surface area contributed by atoms with Crippen molar-refractivity contribution < 1.29 is 4.42 Å². The minimum atomic E-state index is -0.160. The van der Waals surface area contributed by atoms with Crippen LogP contribution in [0.15, 0.2) is 40.9 Å². The van der Waals surface area contributed by atoms with Gasteiger partial charge in [-0.3, -0.25) is 5.41 Å². The summed E-state index contributed by atoms with van der Waals surface area (Å²) in [5, 5.41) is 7.13. The first-order valence-electron chi connectivity index (χ1n) is 4.13. The van der Waals surface area contributed by atoms with Crippen molar-refractivity contribution in [3.63, 3.8) is 0 Å². The van der Waals surface area contributed by atoms with Crippen molar-refractivity contribution >= 4 is 5.84 Å². The van der Waals surface area contributed by atoms with Gasteiger partial charge in [0.15, 0.2) is 11.6 Å². The van der Waals surface area contributed by atoms with Gasteiger partial charge in [0, 0.05) is 5.56 Å². The van der Waals surface area contributed by atoms with Gasteiger partial charge in [0.2, 0.25) is 0 Å². The third-order valence-electron chi connectivity index (χ3n) is 1.79. The molecule has 0 saturated heterocycles. The van der Waals surface area contributed by atoms with Crippen LogP contribution < -0.4 is 5.73 Å². The summed E-state index contributed by atoms with van der Waals surface area (Å²) in [5.74, 6) is 0.617. The normalized spacial score (nSPS) is 10.0. The fourth-order valence-corrected chi connectivity index (χ4v) is 1.13. The summed E-state index contributed by atoms with van der Waals surface area (Å²) in [7, 11) is 0. The number of amidine groups is 1. The molecule has 0 aliphatic carbocycles. The van der Waals surface area contributed by atoms with Crippen molar-refractivity contribution in [2.24, 2.45) is 5.73 Å². The molecule has 4 heteroatoms. The molecular weight excluding hydrogens is 178 g/mol. The predicted octanol–water partition coefficient (Wildman–Crippen LogP) is 1.63. The van der Waals surface area contributed by atoms with E-state index in [4.69, 9.17) is 15.6 Å². The van der Waals surface area contributed by atoms with Crippen LogP contribution in [0.1, 0.15) is 5.89 Å². The van der Waals surface area contributed by atoms with Gasteiger partial charge in [-0.05, 0) is 0 Å². The Morgan fingerprint density at radius 3 is 2.57 bits per heavy atom. The summed E-state index contributed by atoms with van der Waals surface area (Å²) in [5.41, 5.74) is 6.16. The van der Waals surface area contributed by atoms with E-state index < -0.39 is 0 Å². The number of nitrogen functional groups attached to an aromatic ring is 1. The Kier molecular flexibility index (Phi) is 2.02. The first-order chi connectivity index (χ1) is 6.77. The van der Waals surface area contributed by atoms with Crippen LogP contribution in [0.25, 0.3) is 11.3 Å². The Bertz CT molecular complexity index is 447. The fourth-order valence-electron chi connectivity index (χ4n) is 1.13. The predicted molar refractivity (Wildman–Crippen MR) is 53.0 cm³/mol. The molecule has 0 radical (unpaired) electrons. The lowest BCUT2D eigenvalue weighted by molar-refractivity contribution is 0.559. The number of benzene rings is 1. The molecule has 1 heterocycles. The van der Waals surface area contributed by atoms with Crippen molar-refractivity contribution in [2.45, 2.75) is 0 Å². The number of hydrogen-bond acceptors (Lipinski definition) is 3. The number of nitrogens with zero attached hydrogens (tertiary/aromatic N) is 1. The second-order valence-electron chi connectivity index (χ2n) is 2.81. The maximum atomic E-state index is 7.13. The molecule has 1 aromatic carbocycles. The number of aromatic nitrogens is 1. The van der Waals surface area contributed by atoms with E-state index in [-0.39, 0.29) is 11.7 Å². The van der Waals surface area contributed by atoms with Gasteiger partial charge < -0.3 is 10.2 Å². The van der Waals surface area contributed by atoms with Crippen molar-refractivity contribution in [1.29, 1.82) is 5.41 Å². The molecule has 1 aromatic heterocycles. The largest absolute Gasteiger partial charge is 0.434 e. The van der Waals surface area contributed by atoms with Crippen LogP contribution in [0.2, 0.25) is 0 Å². The molecule has 0 atom stereocenters. The Morgan fingerprint density at radius 1 is 1.29 bits per heavy atom. The van der Waals surface area contributed by atoms with Crippen LogP contribution in [0.4, 0.5) is 0 Å². The van der Waals surface area contributed by atoms with E-state index in [1.807, 2.05) is 30.3 Å². The lowest BCUT2D eigenvalue weighted by Gasteiger charge is -1.93. The van der Waals surface area contributed by atoms with Crippen molar-refractivity contribution in [3.05, 3.63) is 42.4 Å². The Morgan fingerprint density at radius 2 is 2.00 bits per heavy atom. The molecule has 0 unspecified atom stereocenters. The molecule has 0 spiro atoms. The zero-order chi connectivity index (χ0) is 9.97. The summed E-state index contributed by atoms with van der Waals surface area (Å²) in [6.07, 6.45) is 1.56. The SMILES string of the molecule is N=C(N)c1ncc(-c2ccccc2)o1. The standard InChI is InChI=1S/C10H9N3O/c11-9(12)10-13-6-8(14-10)7-4-2-1-3-5-7/h1-6H,(H3,11,12). The fraction of sp³-hybridized carbons (Fsp3) is 0. The zero-order valence-corrected chi connectivity index (χ0v) is 7.40. The van der Waals surface area contributed by atoms with Crippen LogP contribution in [0, 0.1) is 5.41 Å². The summed E-state index contributed by atoms with van der Waals surface area (Å²) >= 11 is 0. The van der Waals surface area contributed by atoms with Gasteiger partial charge in [-0.2, -0.15) is 0 Å². The molecule has 0 amide bonds. The van der Waals surface area contributed by atoms with Crippen LogP contribution >= 0.6 is 0 Å². The number of nitrogens with one attached hydrogen (secondary N) is 1. The minimum absolute atomic E-state index is 0.156. The first kappa shape index (κ1) is 8.50. The van der Waals surface area contributed by atoms with Crippen LogP contribution in [0.3, 0.4) is 0 Å². The van der Waals surface area contributed by atoms with E-state index in [0.29, 0.717) is 5.76 Å². The molecule has 70 valence electrons. The molecule has 0 aliphatic rings. The Balaban J connectivity index is 2.39. The van der Waals surface area contributed by atoms with E-state index in [2.05, 4.69) is 4.98 Å². The number of oxazole rings is 1. The van der Waals surface area contributed by atoms with Gasteiger partial charge in [0.05, 0.1) is 6.20 Å². The summed E-state index contributed by atoms with van der Waals surface area (Å²) in [6, 6.07) is 9.55. The summed E-state index contributed by atoms with van der Waals surface area (Å²) in [6.45, 7) is 0. The van der Waals surface area contributed by atoms with E-state index in [0.717, 1.165) is 5.56 Å². The topological polar surface area (TPSA) is 75.9 Å². The molecule has 0 saturated carbocycles. The molecule has 2 aromatic rings. The van der Waals surface area contributed by atoms with Gasteiger partial charge in [-0.15, -0.1) is 0 Å². The van der Waals surface area contributed by atoms with E-state index in [9.17, 15) is 0 Å².